The van der Waals surface area contributed by atoms with Gasteiger partial charge in [-0.15, -0.1) is 0 Å². The van der Waals surface area contributed by atoms with Gasteiger partial charge in [-0.3, -0.25) is 0 Å². The number of benzene rings is 3. The molecule has 4 rings (SSSR count). The summed E-state index contributed by atoms with van der Waals surface area (Å²) in [5.41, 5.74) is 8.93. The third-order valence-electron chi connectivity index (χ3n) is 6.07. The molecule has 1 N–H and O–H groups in total. The van der Waals surface area contributed by atoms with E-state index in [1.165, 1.54) is 16.9 Å². The van der Waals surface area contributed by atoms with Crippen molar-refractivity contribution in [1.82, 2.24) is 9.97 Å². The highest BCUT2D eigenvalue weighted by molar-refractivity contribution is 5.82. The van der Waals surface area contributed by atoms with Crippen LogP contribution in [0.25, 0.3) is 33.9 Å². The maximum atomic E-state index is 5.18. The standard InChI is InChI=1S/C29H34N4O/c1-32(2)25-16-12-22(13-17-25)27-28(23-14-18-26(19-15-23)33(3)4)31-29(30-27)24-10-8-21(9-11-24)7-6-20-34-5/h8-19H,6-7,20H2,1-5H3,(H,30,31). The summed E-state index contributed by atoms with van der Waals surface area (Å²) in [5.74, 6) is 0.877. The molecule has 0 unspecified atom stereocenters. The SMILES string of the molecule is COCCCc1ccc(-c2nc(-c3ccc(N(C)C)cc3)c(-c3ccc(N(C)C)cc3)[nH]2)cc1. The van der Waals surface area contributed by atoms with Crippen molar-refractivity contribution in [3.63, 3.8) is 0 Å². The summed E-state index contributed by atoms with van der Waals surface area (Å²) in [6.45, 7) is 0.784. The number of H-pyrrole nitrogens is 1. The summed E-state index contributed by atoms with van der Waals surface area (Å²) >= 11 is 0. The molecule has 3 aromatic carbocycles. The number of ether oxygens (including phenoxy) is 1. The molecule has 5 nitrogen and oxygen atoms in total. The Balaban J connectivity index is 1.72. The van der Waals surface area contributed by atoms with Crippen LogP contribution < -0.4 is 9.80 Å². The van der Waals surface area contributed by atoms with Crippen molar-refractivity contribution in [3.05, 3.63) is 78.4 Å². The fourth-order valence-electron chi connectivity index (χ4n) is 4.02. The number of aromatic amines is 1. The Kier molecular flexibility index (Phi) is 7.33. The van der Waals surface area contributed by atoms with Crippen LogP contribution in [0.3, 0.4) is 0 Å². The van der Waals surface area contributed by atoms with Gasteiger partial charge in [0.1, 0.15) is 5.82 Å². The van der Waals surface area contributed by atoms with E-state index < -0.39 is 0 Å². The normalized spacial score (nSPS) is 11.0. The Bertz CT molecular complexity index is 1120. The molecule has 0 saturated carbocycles. The smallest absolute Gasteiger partial charge is 0.138 e. The van der Waals surface area contributed by atoms with Crippen molar-refractivity contribution < 1.29 is 4.74 Å². The van der Waals surface area contributed by atoms with E-state index in [0.29, 0.717) is 0 Å². The number of rotatable bonds is 9. The molecule has 4 aromatic rings. The number of anilines is 2. The average molecular weight is 455 g/mol. The lowest BCUT2D eigenvalue weighted by Crippen LogP contribution is -2.08. The summed E-state index contributed by atoms with van der Waals surface area (Å²) in [6.07, 6.45) is 2.04. The second kappa shape index (κ2) is 10.6. The average Bonchev–Trinajstić information content (AvgIpc) is 3.30. The lowest BCUT2D eigenvalue weighted by molar-refractivity contribution is 0.195. The minimum absolute atomic E-state index is 0.784. The molecule has 0 fully saturated rings. The van der Waals surface area contributed by atoms with Gasteiger partial charge in [-0.25, -0.2) is 4.98 Å². The topological polar surface area (TPSA) is 44.4 Å². The number of nitrogens with zero attached hydrogens (tertiary/aromatic N) is 3. The molecular formula is C29H34N4O. The monoisotopic (exact) mass is 454 g/mol. The second-order valence-electron chi connectivity index (χ2n) is 8.98. The molecule has 0 bridgehead atoms. The van der Waals surface area contributed by atoms with Gasteiger partial charge in [0.15, 0.2) is 0 Å². The van der Waals surface area contributed by atoms with E-state index >= 15 is 0 Å². The number of aromatic nitrogens is 2. The van der Waals surface area contributed by atoms with E-state index in [0.717, 1.165) is 53.4 Å². The highest BCUT2D eigenvalue weighted by Gasteiger charge is 2.16. The predicted octanol–water partition coefficient (Wildman–Crippen LogP) is 6.12. The first-order valence-electron chi connectivity index (χ1n) is 11.7. The largest absolute Gasteiger partial charge is 0.385 e. The van der Waals surface area contributed by atoms with Gasteiger partial charge in [0.2, 0.25) is 0 Å². The molecule has 176 valence electrons. The minimum Gasteiger partial charge on any atom is -0.385 e. The molecule has 34 heavy (non-hydrogen) atoms. The van der Waals surface area contributed by atoms with Gasteiger partial charge in [-0.05, 0) is 42.7 Å². The van der Waals surface area contributed by atoms with Crippen LogP contribution in [0.2, 0.25) is 0 Å². The number of nitrogens with one attached hydrogen (secondary N) is 1. The lowest BCUT2D eigenvalue weighted by Gasteiger charge is -2.13. The molecule has 1 heterocycles. The van der Waals surface area contributed by atoms with Crippen LogP contribution in [-0.2, 0) is 11.2 Å². The van der Waals surface area contributed by atoms with Crippen molar-refractivity contribution in [2.75, 3.05) is 51.7 Å². The third-order valence-corrected chi connectivity index (χ3v) is 6.07. The van der Waals surface area contributed by atoms with E-state index in [-0.39, 0.29) is 0 Å². The van der Waals surface area contributed by atoms with Gasteiger partial charge < -0.3 is 19.5 Å². The molecule has 5 heteroatoms. The molecule has 0 atom stereocenters. The van der Waals surface area contributed by atoms with Crippen molar-refractivity contribution in [2.24, 2.45) is 0 Å². The van der Waals surface area contributed by atoms with Crippen molar-refractivity contribution in [1.29, 1.82) is 0 Å². The number of methoxy groups -OCH3 is 1. The van der Waals surface area contributed by atoms with Crippen LogP contribution in [-0.4, -0.2) is 51.9 Å². The van der Waals surface area contributed by atoms with E-state index in [2.05, 4.69) is 116 Å². The van der Waals surface area contributed by atoms with Crippen LogP contribution in [0.4, 0.5) is 11.4 Å². The van der Waals surface area contributed by atoms with E-state index in [1.54, 1.807) is 7.11 Å². The van der Waals surface area contributed by atoms with Gasteiger partial charge in [0.25, 0.3) is 0 Å². The second-order valence-corrected chi connectivity index (χ2v) is 8.98. The van der Waals surface area contributed by atoms with E-state index in [9.17, 15) is 0 Å². The zero-order valence-electron chi connectivity index (χ0n) is 20.8. The van der Waals surface area contributed by atoms with Gasteiger partial charge in [-0.1, -0.05) is 48.5 Å². The molecular weight excluding hydrogens is 420 g/mol. The summed E-state index contributed by atoms with van der Waals surface area (Å²) in [6, 6.07) is 25.8. The van der Waals surface area contributed by atoms with Gasteiger partial charge in [-0.2, -0.15) is 0 Å². The first-order chi connectivity index (χ1) is 16.5. The maximum Gasteiger partial charge on any atom is 0.138 e. The van der Waals surface area contributed by atoms with Crippen molar-refractivity contribution in [2.45, 2.75) is 12.8 Å². The number of aryl methyl sites for hydroxylation is 1. The molecule has 0 aliphatic rings. The zero-order chi connectivity index (χ0) is 24.1. The summed E-state index contributed by atoms with van der Waals surface area (Å²) in [7, 11) is 9.97. The fraction of sp³-hybridized carbons (Fsp3) is 0.276. The lowest BCUT2D eigenvalue weighted by atomic mass is 10.0. The van der Waals surface area contributed by atoms with Crippen LogP contribution in [0, 0.1) is 0 Å². The number of imidazole rings is 1. The van der Waals surface area contributed by atoms with Crippen molar-refractivity contribution >= 4 is 11.4 Å². The van der Waals surface area contributed by atoms with Crippen LogP contribution in [0.15, 0.2) is 72.8 Å². The first-order valence-corrected chi connectivity index (χ1v) is 11.7. The van der Waals surface area contributed by atoms with Crippen LogP contribution >= 0.6 is 0 Å². The van der Waals surface area contributed by atoms with E-state index in [1.807, 2.05) is 0 Å². The highest BCUT2D eigenvalue weighted by atomic mass is 16.5. The quantitative estimate of drug-likeness (QED) is 0.309. The van der Waals surface area contributed by atoms with Gasteiger partial charge in [0.05, 0.1) is 11.4 Å². The third kappa shape index (κ3) is 5.32. The molecule has 0 radical (unpaired) electrons. The Morgan fingerprint density at radius 3 is 1.76 bits per heavy atom. The number of hydrogen-bond donors (Lipinski definition) is 1. The fourth-order valence-corrected chi connectivity index (χ4v) is 4.02. The first kappa shape index (κ1) is 23.6. The minimum atomic E-state index is 0.784. The molecule has 0 saturated heterocycles. The van der Waals surface area contributed by atoms with Crippen molar-refractivity contribution in [3.8, 4) is 33.9 Å². The summed E-state index contributed by atoms with van der Waals surface area (Å²) < 4.78 is 5.18. The highest BCUT2D eigenvalue weighted by Crippen LogP contribution is 2.34. The zero-order valence-corrected chi connectivity index (χ0v) is 20.8. The molecule has 1 aromatic heterocycles. The summed E-state index contributed by atoms with van der Waals surface area (Å²) in [5, 5.41) is 0. The Morgan fingerprint density at radius 1 is 0.706 bits per heavy atom. The molecule has 0 aliphatic heterocycles. The predicted molar refractivity (Wildman–Crippen MR) is 144 cm³/mol. The maximum absolute atomic E-state index is 5.18. The van der Waals surface area contributed by atoms with Crippen LogP contribution in [0.5, 0.6) is 0 Å². The molecule has 0 aliphatic carbocycles. The Hall–Kier alpha value is -3.57. The van der Waals surface area contributed by atoms with Crippen LogP contribution in [0.1, 0.15) is 12.0 Å². The summed E-state index contributed by atoms with van der Waals surface area (Å²) in [4.78, 5) is 12.9. The Labute approximate surface area is 203 Å². The van der Waals surface area contributed by atoms with Gasteiger partial charge >= 0.3 is 0 Å². The Morgan fingerprint density at radius 2 is 1.24 bits per heavy atom. The molecule has 0 amide bonds. The number of hydrogen-bond acceptors (Lipinski definition) is 4. The molecule has 0 spiro atoms. The van der Waals surface area contributed by atoms with E-state index in [4.69, 9.17) is 9.72 Å². The van der Waals surface area contributed by atoms with Gasteiger partial charge in [0, 0.05) is 70.0 Å².